The van der Waals surface area contributed by atoms with Crippen molar-refractivity contribution in [3.63, 3.8) is 0 Å². The zero-order valence-corrected chi connectivity index (χ0v) is 8.83. The van der Waals surface area contributed by atoms with Crippen LogP contribution in [0.1, 0.15) is 0 Å². The number of nitrogens with one attached hydrogen (secondary N) is 1. The summed E-state index contributed by atoms with van der Waals surface area (Å²) in [5, 5.41) is 19.7. The Morgan fingerprint density at radius 2 is 1.76 bits per heavy atom. The summed E-state index contributed by atoms with van der Waals surface area (Å²) in [5.41, 5.74) is 3.79. The van der Waals surface area contributed by atoms with Crippen molar-refractivity contribution in [2.75, 3.05) is 0 Å². The summed E-state index contributed by atoms with van der Waals surface area (Å²) in [6, 6.07) is 13.0. The van der Waals surface area contributed by atoms with Crippen LogP contribution in [-0.4, -0.2) is 15.4 Å². The molecule has 80 valence electrons. The first-order valence-corrected chi connectivity index (χ1v) is 5.14. The first kappa shape index (κ1) is 9.48. The molecule has 1 aromatic heterocycles. The van der Waals surface area contributed by atoms with Crippen LogP contribution in [0.2, 0.25) is 0 Å². The van der Waals surface area contributed by atoms with Crippen molar-refractivity contribution in [1.29, 1.82) is 5.39 Å². The number of aromatic amines is 1. The summed E-state index contributed by atoms with van der Waals surface area (Å²) in [6.45, 7) is 0. The molecule has 0 aliphatic rings. The number of para-hydroxylation sites is 1. The smallest absolute Gasteiger partial charge is 0.197 e. The second kappa shape index (κ2) is 3.68. The van der Waals surface area contributed by atoms with Crippen LogP contribution < -0.4 is 0 Å². The minimum absolute atomic E-state index is 0.517. The number of hydrogen-bond acceptors (Lipinski definition) is 3. The van der Waals surface area contributed by atoms with Crippen LogP contribution in [0.5, 0.6) is 0 Å². The molecule has 0 fully saturated rings. The van der Waals surface area contributed by atoms with Crippen molar-refractivity contribution in [1.82, 2.24) is 15.4 Å². The highest BCUT2D eigenvalue weighted by molar-refractivity contribution is 5.95. The van der Waals surface area contributed by atoms with Gasteiger partial charge >= 0.3 is 5.69 Å². The Morgan fingerprint density at radius 3 is 2.65 bits per heavy atom. The highest BCUT2D eigenvalue weighted by atomic mass is 15.3. The number of hydrogen-bond donors (Lipinski definition) is 1. The SMILES string of the molecule is N#[N+]c1ccccc1-c1cccc2n[nH]nc12. The molecular formula is C12H8N5+. The number of benzene rings is 2. The normalized spacial score (nSPS) is 10.3. The van der Waals surface area contributed by atoms with E-state index < -0.39 is 0 Å². The molecule has 0 atom stereocenters. The van der Waals surface area contributed by atoms with Crippen molar-refractivity contribution >= 4 is 16.7 Å². The van der Waals surface area contributed by atoms with Crippen molar-refractivity contribution in [3.05, 3.63) is 47.4 Å². The Balaban J connectivity index is 2.35. The van der Waals surface area contributed by atoms with Gasteiger partial charge in [-0.15, -0.1) is 0 Å². The van der Waals surface area contributed by atoms with E-state index in [1.807, 2.05) is 36.4 Å². The third-order valence-electron chi connectivity index (χ3n) is 2.65. The summed E-state index contributed by atoms with van der Waals surface area (Å²) >= 11 is 0. The van der Waals surface area contributed by atoms with Gasteiger partial charge in [-0.3, -0.25) is 0 Å². The van der Waals surface area contributed by atoms with E-state index in [2.05, 4.69) is 20.4 Å². The van der Waals surface area contributed by atoms with Gasteiger partial charge in [0.25, 0.3) is 0 Å². The van der Waals surface area contributed by atoms with E-state index in [0.717, 1.165) is 22.2 Å². The first-order valence-electron chi connectivity index (χ1n) is 5.14. The van der Waals surface area contributed by atoms with E-state index in [9.17, 15) is 0 Å². The molecule has 0 saturated carbocycles. The molecule has 0 radical (unpaired) electrons. The van der Waals surface area contributed by atoms with Gasteiger partial charge in [-0.1, -0.05) is 24.3 Å². The topological polar surface area (TPSA) is 69.7 Å². The Morgan fingerprint density at radius 1 is 0.941 bits per heavy atom. The van der Waals surface area contributed by atoms with Crippen LogP contribution in [0, 0.1) is 5.39 Å². The predicted octanol–water partition coefficient (Wildman–Crippen LogP) is 3.11. The maximum absolute atomic E-state index is 8.98. The number of diazo groups is 1. The molecule has 0 saturated heterocycles. The van der Waals surface area contributed by atoms with Gasteiger partial charge in [-0.05, 0) is 12.1 Å². The average molecular weight is 222 g/mol. The lowest BCUT2D eigenvalue weighted by atomic mass is 10.0. The summed E-state index contributed by atoms with van der Waals surface area (Å²) in [7, 11) is 0. The van der Waals surface area contributed by atoms with Gasteiger partial charge in [0.15, 0.2) is 4.98 Å². The molecule has 3 aromatic rings. The number of H-pyrrole nitrogens is 1. The van der Waals surface area contributed by atoms with Crippen LogP contribution >= 0.6 is 0 Å². The summed E-state index contributed by atoms with van der Waals surface area (Å²) in [4.78, 5) is 3.28. The molecular weight excluding hydrogens is 214 g/mol. The lowest BCUT2D eigenvalue weighted by Crippen LogP contribution is -1.81. The zero-order valence-electron chi connectivity index (χ0n) is 8.83. The maximum atomic E-state index is 8.98. The maximum Gasteiger partial charge on any atom is 0.392 e. The van der Waals surface area contributed by atoms with Crippen molar-refractivity contribution in [2.24, 2.45) is 0 Å². The van der Waals surface area contributed by atoms with E-state index in [0.29, 0.717) is 5.69 Å². The zero-order chi connectivity index (χ0) is 11.7. The van der Waals surface area contributed by atoms with Crippen molar-refractivity contribution in [3.8, 4) is 11.1 Å². The highest BCUT2D eigenvalue weighted by Crippen LogP contribution is 2.33. The van der Waals surface area contributed by atoms with E-state index in [4.69, 9.17) is 5.39 Å². The quantitative estimate of drug-likeness (QED) is 0.643. The molecule has 0 amide bonds. The summed E-state index contributed by atoms with van der Waals surface area (Å²) in [5.74, 6) is 0. The fourth-order valence-electron chi connectivity index (χ4n) is 1.87. The molecule has 17 heavy (non-hydrogen) atoms. The molecule has 3 rings (SSSR count). The molecule has 1 N–H and O–H groups in total. The van der Waals surface area contributed by atoms with Gasteiger partial charge in [0.2, 0.25) is 5.39 Å². The fourth-order valence-corrected chi connectivity index (χ4v) is 1.87. The van der Waals surface area contributed by atoms with Crippen LogP contribution in [0.25, 0.3) is 27.1 Å². The molecule has 0 spiro atoms. The first-order chi connectivity index (χ1) is 8.40. The highest BCUT2D eigenvalue weighted by Gasteiger charge is 2.17. The minimum atomic E-state index is 0.517. The molecule has 5 nitrogen and oxygen atoms in total. The van der Waals surface area contributed by atoms with Gasteiger partial charge in [0.1, 0.15) is 11.0 Å². The molecule has 0 unspecified atom stereocenters. The standard InChI is InChI=1S/C12H8N5/c13-14-10-6-2-1-4-8(10)9-5-3-7-11-12(9)16-17-15-11/h1-7H,(H,15,16,17)/q+1. The van der Waals surface area contributed by atoms with E-state index in [1.165, 1.54) is 0 Å². The molecule has 0 bridgehead atoms. The third kappa shape index (κ3) is 1.43. The van der Waals surface area contributed by atoms with Gasteiger partial charge in [-0.2, -0.15) is 15.4 Å². The molecule has 2 aromatic carbocycles. The Bertz CT molecular complexity index is 723. The van der Waals surface area contributed by atoms with Crippen LogP contribution in [0.3, 0.4) is 0 Å². The van der Waals surface area contributed by atoms with Gasteiger partial charge in [0.05, 0.1) is 5.56 Å². The monoisotopic (exact) mass is 222 g/mol. The second-order valence-corrected chi connectivity index (χ2v) is 3.61. The predicted molar refractivity (Wildman–Crippen MR) is 64.1 cm³/mol. The van der Waals surface area contributed by atoms with Gasteiger partial charge in [-0.25, -0.2) is 0 Å². The molecule has 0 aliphatic carbocycles. The fraction of sp³-hybridized carbons (Fsp3) is 0. The molecule has 5 heteroatoms. The Kier molecular flexibility index (Phi) is 2.06. The van der Waals surface area contributed by atoms with E-state index in [1.54, 1.807) is 6.07 Å². The number of nitrogens with zero attached hydrogens (tertiary/aromatic N) is 4. The number of aromatic nitrogens is 3. The van der Waals surface area contributed by atoms with Gasteiger partial charge in [0, 0.05) is 11.6 Å². The van der Waals surface area contributed by atoms with Crippen LogP contribution in [0.4, 0.5) is 5.69 Å². The largest absolute Gasteiger partial charge is 0.392 e. The Labute approximate surface area is 96.7 Å². The third-order valence-corrected chi connectivity index (χ3v) is 2.65. The second-order valence-electron chi connectivity index (χ2n) is 3.61. The van der Waals surface area contributed by atoms with E-state index >= 15 is 0 Å². The van der Waals surface area contributed by atoms with Crippen LogP contribution in [-0.2, 0) is 0 Å². The van der Waals surface area contributed by atoms with Crippen LogP contribution in [0.15, 0.2) is 42.5 Å². The van der Waals surface area contributed by atoms with Crippen molar-refractivity contribution in [2.45, 2.75) is 0 Å². The lowest BCUT2D eigenvalue weighted by molar-refractivity contribution is 0.959. The van der Waals surface area contributed by atoms with Crippen molar-refractivity contribution < 1.29 is 0 Å². The lowest BCUT2D eigenvalue weighted by Gasteiger charge is -1.98. The van der Waals surface area contributed by atoms with E-state index in [-0.39, 0.29) is 0 Å². The molecule has 1 heterocycles. The molecule has 0 aliphatic heterocycles. The number of rotatable bonds is 1. The minimum Gasteiger partial charge on any atom is -0.197 e. The number of fused-ring (bicyclic) bond motifs is 1. The Hall–Kier alpha value is -2.74. The van der Waals surface area contributed by atoms with Gasteiger partial charge < -0.3 is 0 Å². The summed E-state index contributed by atoms with van der Waals surface area (Å²) in [6.07, 6.45) is 0. The summed E-state index contributed by atoms with van der Waals surface area (Å²) < 4.78 is 0. The average Bonchev–Trinajstić information content (AvgIpc) is 2.86.